The van der Waals surface area contributed by atoms with Crippen molar-refractivity contribution in [3.8, 4) is 11.9 Å². The zero-order chi connectivity index (χ0) is 23.0. The number of halogens is 1. The average molecular weight is 498 g/mol. The predicted molar refractivity (Wildman–Crippen MR) is 124 cm³/mol. The molecule has 1 amide bonds. The van der Waals surface area contributed by atoms with Crippen molar-refractivity contribution < 1.29 is 9.53 Å². The Morgan fingerprint density at radius 1 is 1.28 bits per heavy atom. The van der Waals surface area contributed by atoms with Gasteiger partial charge < -0.3 is 14.5 Å². The van der Waals surface area contributed by atoms with E-state index in [1.165, 1.54) is 6.33 Å². The van der Waals surface area contributed by atoms with Gasteiger partial charge in [-0.3, -0.25) is 4.57 Å². The third-order valence-corrected chi connectivity index (χ3v) is 5.79. The molecule has 1 atom stereocenters. The number of rotatable bonds is 2. The van der Waals surface area contributed by atoms with Crippen molar-refractivity contribution in [2.45, 2.75) is 39.3 Å². The molecule has 4 heterocycles. The van der Waals surface area contributed by atoms with E-state index in [4.69, 9.17) is 4.74 Å². The van der Waals surface area contributed by atoms with Crippen LogP contribution in [0.1, 0.15) is 33.3 Å². The molecule has 0 N–H and O–H groups in total. The lowest BCUT2D eigenvalue weighted by molar-refractivity contribution is 0.0218. The molecule has 0 aromatic carbocycles. The second-order valence-corrected chi connectivity index (χ2v) is 9.58. The van der Waals surface area contributed by atoms with Crippen molar-refractivity contribution >= 4 is 38.9 Å². The van der Waals surface area contributed by atoms with Crippen molar-refractivity contribution in [2.24, 2.45) is 0 Å². The quantitative estimate of drug-likeness (QED) is 0.529. The Morgan fingerprint density at radius 2 is 2.06 bits per heavy atom. The number of carbonyl (C=O) groups is 1. The number of piperazine rings is 1. The lowest BCUT2D eigenvalue weighted by Gasteiger charge is -2.41. The van der Waals surface area contributed by atoms with E-state index in [0.29, 0.717) is 36.7 Å². The monoisotopic (exact) mass is 497 g/mol. The summed E-state index contributed by atoms with van der Waals surface area (Å²) in [6.45, 7) is 9.35. The van der Waals surface area contributed by atoms with Crippen LogP contribution in [0.2, 0.25) is 0 Å². The summed E-state index contributed by atoms with van der Waals surface area (Å²) < 4.78 is 8.20. The minimum atomic E-state index is -0.527. The Bertz CT molecular complexity index is 1210. The third kappa shape index (κ3) is 4.25. The number of aromatic nitrogens is 4. The molecule has 166 valence electrons. The highest BCUT2D eigenvalue weighted by Crippen LogP contribution is 2.35. The summed E-state index contributed by atoms with van der Waals surface area (Å²) in [6, 6.07) is 5.55. The van der Waals surface area contributed by atoms with Gasteiger partial charge in [-0.2, -0.15) is 5.26 Å². The van der Waals surface area contributed by atoms with E-state index >= 15 is 0 Å². The molecule has 32 heavy (non-hydrogen) atoms. The van der Waals surface area contributed by atoms with Crippen molar-refractivity contribution in [1.29, 1.82) is 5.26 Å². The number of hydrogen-bond donors (Lipinski definition) is 0. The van der Waals surface area contributed by atoms with Gasteiger partial charge in [0.15, 0.2) is 5.65 Å². The zero-order valence-electron chi connectivity index (χ0n) is 18.4. The van der Waals surface area contributed by atoms with E-state index in [-0.39, 0.29) is 12.1 Å². The van der Waals surface area contributed by atoms with Crippen LogP contribution in [0.5, 0.6) is 0 Å². The van der Waals surface area contributed by atoms with Gasteiger partial charge in [-0.15, -0.1) is 0 Å². The van der Waals surface area contributed by atoms with Crippen molar-refractivity contribution in [1.82, 2.24) is 24.4 Å². The predicted octanol–water partition coefficient (Wildman–Crippen LogP) is 3.90. The van der Waals surface area contributed by atoms with Gasteiger partial charge >= 0.3 is 6.09 Å². The standard InChI is InChI=1S/C22H24BrN7O2/c1-14-11-28(21(31)32-22(2,3)4)7-8-29(14)19-18-16(23)12-30(20(18)27-13-26-19)17-9-15(10-24)5-6-25-17/h5-6,9,12-14H,7-8,11H2,1-4H3. The molecular weight excluding hydrogens is 474 g/mol. The van der Waals surface area contributed by atoms with Crippen LogP contribution in [0.25, 0.3) is 16.9 Å². The first-order valence-electron chi connectivity index (χ1n) is 10.3. The molecule has 1 aliphatic rings. The minimum absolute atomic E-state index is 0.0321. The van der Waals surface area contributed by atoms with Crippen molar-refractivity contribution in [2.75, 3.05) is 24.5 Å². The largest absolute Gasteiger partial charge is 0.444 e. The van der Waals surface area contributed by atoms with Gasteiger partial charge in [-0.1, -0.05) is 0 Å². The molecule has 3 aromatic rings. The molecule has 0 bridgehead atoms. The molecule has 0 aliphatic carbocycles. The normalized spacial score (nSPS) is 16.8. The molecule has 1 unspecified atom stereocenters. The van der Waals surface area contributed by atoms with Crippen LogP contribution in [0.15, 0.2) is 35.3 Å². The molecule has 1 saturated heterocycles. The van der Waals surface area contributed by atoms with Crippen LogP contribution in [-0.4, -0.2) is 61.8 Å². The first-order chi connectivity index (χ1) is 15.2. The van der Waals surface area contributed by atoms with E-state index in [0.717, 1.165) is 15.7 Å². The number of amides is 1. The molecule has 1 fully saturated rings. The van der Waals surface area contributed by atoms with Crippen molar-refractivity contribution in [3.63, 3.8) is 0 Å². The summed E-state index contributed by atoms with van der Waals surface area (Å²) in [5.41, 5.74) is 0.682. The summed E-state index contributed by atoms with van der Waals surface area (Å²) in [4.78, 5) is 29.9. The molecule has 10 heteroatoms. The Kier molecular flexibility index (Phi) is 5.77. The smallest absolute Gasteiger partial charge is 0.410 e. The molecule has 0 saturated carbocycles. The minimum Gasteiger partial charge on any atom is -0.444 e. The summed E-state index contributed by atoms with van der Waals surface area (Å²) in [6.07, 6.45) is 4.72. The fourth-order valence-electron chi connectivity index (χ4n) is 3.78. The summed E-state index contributed by atoms with van der Waals surface area (Å²) in [7, 11) is 0. The van der Waals surface area contributed by atoms with Gasteiger partial charge in [-0.25, -0.2) is 19.7 Å². The van der Waals surface area contributed by atoms with E-state index < -0.39 is 5.60 Å². The molecule has 1 aliphatic heterocycles. The first kappa shape index (κ1) is 22.0. The maximum Gasteiger partial charge on any atom is 0.410 e. The van der Waals surface area contributed by atoms with Crippen LogP contribution in [-0.2, 0) is 4.74 Å². The molecule has 0 spiro atoms. The Labute approximate surface area is 194 Å². The Hall–Kier alpha value is -3.19. The summed E-state index contributed by atoms with van der Waals surface area (Å²) >= 11 is 3.65. The van der Waals surface area contributed by atoms with Gasteiger partial charge in [0, 0.05) is 42.5 Å². The second kappa shape index (κ2) is 8.39. The summed E-state index contributed by atoms with van der Waals surface area (Å²) in [5, 5.41) is 10.1. The van der Waals surface area contributed by atoms with Crippen LogP contribution in [0, 0.1) is 11.3 Å². The number of fused-ring (bicyclic) bond motifs is 1. The summed E-state index contributed by atoms with van der Waals surface area (Å²) in [5.74, 6) is 1.39. The van der Waals surface area contributed by atoms with E-state index in [2.05, 4.69) is 48.8 Å². The number of hydrogen-bond acceptors (Lipinski definition) is 7. The molecule has 0 radical (unpaired) electrons. The number of nitrogens with zero attached hydrogens (tertiary/aromatic N) is 7. The van der Waals surface area contributed by atoms with Crippen LogP contribution < -0.4 is 4.90 Å². The highest BCUT2D eigenvalue weighted by atomic mass is 79.9. The van der Waals surface area contributed by atoms with Gasteiger partial charge in [0.05, 0.1) is 17.0 Å². The van der Waals surface area contributed by atoms with Gasteiger partial charge in [0.1, 0.15) is 23.6 Å². The van der Waals surface area contributed by atoms with Crippen LogP contribution >= 0.6 is 15.9 Å². The number of ether oxygens (including phenoxy) is 1. The van der Waals surface area contributed by atoms with Gasteiger partial charge in [0.2, 0.25) is 0 Å². The maximum absolute atomic E-state index is 12.5. The SMILES string of the molecule is CC1CN(C(=O)OC(C)(C)C)CCN1c1ncnc2c1c(Br)cn2-c1cc(C#N)ccn1. The lowest BCUT2D eigenvalue weighted by atomic mass is 10.1. The average Bonchev–Trinajstić information content (AvgIpc) is 3.09. The fourth-order valence-corrected chi connectivity index (χ4v) is 4.34. The fraction of sp³-hybridized carbons (Fsp3) is 0.409. The molecular formula is C22H24BrN7O2. The van der Waals surface area contributed by atoms with Crippen LogP contribution in [0.3, 0.4) is 0 Å². The molecule has 3 aromatic heterocycles. The van der Waals surface area contributed by atoms with Crippen molar-refractivity contribution in [3.05, 3.63) is 40.9 Å². The third-order valence-electron chi connectivity index (χ3n) is 5.19. The highest BCUT2D eigenvalue weighted by molar-refractivity contribution is 9.10. The number of carbonyl (C=O) groups excluding carboxylic acids is 1. The highest BCUT2D eigenvalue weighted by Gasteiger charge is 2.32. The van der Waals surface area contributed by atoms with E-state index in [1.807, 2.05) is 31.5 Å². The zero-order valence-corrected chi connectivity index (χ0v) is 20.0. The van der Waals surface area contributed by atoms with E-state index in [1.54, 1.807) is 23.2 Å². The number of nitriles is 1. The van der Waals surface area contributed by atoms with Crippen LogP contribution in [0.4, 0.5) is 10.6 Å². The Balaban J connectivity index is 1.65. The molecule has 9 nitrogen and oxygen atoms in total. The van der Waals surface area contributed by atoms with Gasteiger partial charge in [0.25, 0.3) is 0 Å². The topological polar surface area (TPSA) is 100 Å². The number of anilines is 1. The number of pyridine rings is 1. The van der Waals surface area contributed by atoms with Gasteiger partial charge in [-0.05, 0) is 55.8 Å². The second-order valence-electron chi connectivity index (χ2n) is 8.73. The van der Waals surface area contributed by atoms with E-state index in [9.17, 15) is 10.1 Å². The lowest BCUT2D eigenvalue weighted by Crippen LogP contribution is -2.54. The Morgan fingerprint density at radius 3 is 2.75 bits per heavy atom. The molecule has 4 rings (SSSR count). The first-order valence-corrected chi connectivity index (χ1v) is 11.1. The maximum atomic E-state index is 12.5.